The van der Waals surface area contributed by atoms with E-state index in [9.17, 15) is 23.1 Å². The predicted octanol–water partition coefficient (Wildman–Crippen LogP) is 1.95. The van der Waals surface area contributed by atoms with Crippen LogP contribution < -0.4 is 0 Å². The summed E-state index contributed by atoms with van der Waals surface area (Å²) in [6.07, 6.45) is -0.0492. The van der Waals surface area contributed by atoms with Crippen molar-refractivity contribution in [2.24, 2.45) is 5.92 Å². The third kappa shape index (κ3) is 2.73. The SMILES string of the molecule is CC1CCN(C(=O)c2cc(F)c(F)c(F)c2)CC1O. The van der Waals surface area contributed by atoms with Crippen molar-refractivity contribution in [3.8, 4) is 0 Å². The van der Waals surface area contributed by atoms with E-state index in [0.29, 0.717) is 25.1 Å². The molecule has 1 N–H and O–H groups in total. The molecule has 19 heavy (non-hydrogen) atoms. The molecule has 1 aliphatic rings. The van der Waals surface area contributed by atoms with Gasteiger partial charge in [0.1, 0.15) is 0 Å². The van der Waals surface area contributed by atoms with E-state index in [4.69, 9.17) is 0 Å². The second-order valence-electron chi connectivity index (χ2n) is 4.84. The van der Waals surface area contributed by atoms with Crippen LogP contribution in [-0.2, 0) is 0 Å². The predicted molar refractivity (Wildman–Crippen MR) is 62.0 cm³/mol. The maximum absolute atomic E-state index is 13.1. The quantitative estimate of drug-likeness (QED) is 0.794. The highest BCUT2D eigenvalue weighted by Gasteiger charge is 2.28. The van der Waals surface area contributed by atoms with Gasteiger partial charge in [0.15, 0.2) is 17.5 Å². The molecule has 6 heteroatoms. The minimum atomic E-state index is -1.59. The van der Waals surface area contributed by atoms with Gasteiger partial charge in [-0.15, -0.1) is 0 Å². The zero-order chi connectivity index (χ0) is 14.2. The van der Waals surface area contributed by atoms with Gasteiger partial charge < -0.3 is 10.0 Å². The number of aliphatic hydroxyl groups is 1. The zero-order valence-electron chi connectivity index (χ0n) is 10.4. The van der Waals surface area contributed by atoms with Crippen LogP contribution in [0, 0.1) is 23.4 Å². The number of piperidine rings is 1. The fourth-order valence-corrected chi connectivity index (χ4v) is 2.09. The number of β-amino-alcohol motifs (C(OH)–C–C–N with tert-alkyl or cyclic N) is 1. The Labute approximate surface area is 108 Å². The number of benzene rings is 1. The fourth-order valence-electron chi connectivity index (χ4n) is 2.09. The number of halogens is 3. The Kier molecular flexibility index (Phi) is 3.80. The van der Waals surface area contributed by atoms with Crippen molar-refractivity contribution >= 4 is 5.91 Å². The lowest BCUT2D eigenvalue weighted by atomic mass is 9.95. The average molecular weight is 273 g/mol. The summed E-state index contributed by atoms with van der Waals surface area (Å²) in [5.74, 6) is -4.91. The number of aliphatic hydroxyl groups excluding tert-OH is 1. The summed E-state index contributed by atoms with van der Waals surface area (Å²) in [5.41, 5.74) is -0.252. The number of amides is 1. The Balaban J connectivity index is 2.20. The summed E-state index contributed by atoms with van der Waals surface area (Å²) in [5, 5.41) is 9.70. The fraction of sp³-hybridized carbons (Fsp3) is 0.462. The van der Waals surface area contributed by atoms with Gasteiger partial charge >= 0.3 is 0 Å². The van der Waals surface area contributed by atoms with Crippen molar-refractivity contribution < 1.29 is 23.1 Å². The van der Waals surface area contributed by atoms with Gasteiger partial charge in [0.05, 0.1) is 6.10 Å². The molecule has 2 rings (SSSR count). The first kappa shape index (κ1) is 13.9. The van der Waals surface area contributed by atoms with Crippen LogP contribution in [0.15, 0.2) is 12.1 Å². The van der Waals surface area contributed by atoms with E-state index in [0.717, 1.165) is 0 Å². The summed E-state index contributed by atoms with van der Waals surface area (Å²) in [6, 6.07) is 1.34. The highest BCUT2D eigenvalue weighted by Crippen LogP contribution is 2.20. The number of carbonyl (C=O) groups excluding carboxylic acids is 1. The average Bonchev–Trinajstić information content (AvgIpc) is 2.37. The Bertz CT molecular complexity index is 484. The number of rotatable bonds is 1. The summed E-state index contributed by atoms with van der Waals surface area (Å²) in [7, 11) is 0. The monoisotopic (exact) mass is 273 g/mol. The van der Waals surface area contributed by atoms with Crippen LogP contribution in [0.4, 0.5) is 13.2 Å². The first-order valence-electron chi connectivity index (χ1n) is 6.02. The van der Waals surface area contributed by atoms with Crippen LogP contribution in [0.2, 0.25) is 0 Å². The van der Waals surface area contributed by atoms with E-state index in [1.807, 2.05) is 6.92 Å². The number of carbonyl (C=O) groups is 1. The molecule has 3 nitrogen and oxygen atoms in total. The molecule has 1 heterocycles. The molecule has 1 aromatic carbocycles. The zero-order valence-corrected chi connectivity index (χ0v) is 10.4. The van der Waals surface area contributed by atoms with E-state index in [2.05, 4.69) is 0 Å². The molecule has 1 fully saturated rings. The Morgan fingerprint density at radius 2 is 1.89 bits per heavy atom. The molecule has 2 atom stereocenters. The third-order valence-corrected chi connectivity index (χ3v) is 3.44. The minimum absolute atomic E-state index is 0.0748. The maximum Gasteiger partial charge on any atom is 0.254 e. The van der Waals surface area contributed by atoms with Crippen LogP contribution in [0.3, 0.4) is 0 Å². The van der Waals surface area contributed by atoms with Crippen LogP contribution in [-0.4, -0.2) is 35.1 Å². The first-order valence-corrected chi connectivity index (χ1v) is 6.02. The lowest BCUT2D eigenvalue weighted by Crippen LogP contribution is -2.45. The summed E-state index contributed by atoms with van der Waals surface area (Å²) in [4.78, 5) is 13.3. The van der Waals surface area contributed by atoms with Gasteiger partial charge in [-0.1, -0.05) is 6.92 Å². The molecule has 104 valence electrons. The van der Waals surface area contributed by atoms with Gasteiger partial charge in [-0.2, -0.15) is 0 Å². The van der Waals surface area contributed by atoms with Gasteiger partial charge in [-0.25, -0.2) is 13.2 Å². The van der Waals surface area contributed by atoms with Crippen LogP contribution in [0.5, 0.6) is 0 Å². The lowest BCUT2D eigenvalue weighted by molar-refractivity contribution is 0.0248. The molecular weight excluding hydrogens is 259 g/mol. The van der Waals surface area contributed by atoms with Crippen LogP contribution in [0.25, 0.3) is 0 Å². The highest BCUT2D eigenvalue weighted by molar-refractivity contribution is 5.94. The van der Waals surface area contributed by atoms with Gasteiger partial charge in [-0.05, 0) is 24.5 Å². The Hall–Kier alpha value is -1.56. The van der Waals surface area contributed by atoms with Gasteiger partial charge in [0.25, 0.3) is 5.91 Å². The summed E-state index contributed by atoms with van der Waals surface area (Å²) < 4.78 is 39.0. The number of hydrogen-bond donors (Lipinski definition) is 1. The maximum atomic E-state index is 13.1. The van der Waals surface area contributed by atoms with Gasteiger partial charge in [-0.3, -0.25) is 4.79 Å². The third-order valence-electron chi connectivity index (χ3n) is 3.44. The van der Waals surface area contributed by atoms with Crippen molar-refractivity contribution in [2.75, 3.05) is 13.1 Å². The van der Waals surface area contributed by atoms with Gasteiger partial charge in [0.2, 0.25) is 0 Å². The number of likely N-dealkylation sites (tertiary alicyclic amines) is 1. The van der Waals surface area contributed by atoms with Crippen molar-refractivity contribution in [1.29, 1.82) is 0 Å². The molecule has 0 bridgehead atoms. The van der Waals surface area contributed by atoms with Crippen LogP contribution in [0.1, 0.15) is 23.7 Å². The largest absolute Gasteiger partial charge is 0.391 e. The molecule has 0 spiro atoms. The molecule has 2 unspecified atom stereocenters. The van der Waals surface area contributed by atoms with E-state index >= 15 is 0 Å². The normalized spacial score (nSPS) is 23.5. The minimum Gasteiger partial charge on any atom is -0.391 e. The molecule has 1 aliphatic heterocycles. The highest BCUT2D eigenvalue weighted by atomic mass is 19.2. The van der Waals surface area contributed by atoms with E-state index in [-0.39, 0.29) is 18.0 Å². The second-order valence-corrected chi connectivity index (χ2v) is 4.84. The van der Waals surface area contributed by atoms with Crippen LogP contribution >= 0.6 is 0 Å². The van der Waals surface area contributed by atoms with Crippen molar-refractivity contribution in [3.63, 3.8) is 0 Å². The van der Waals surface area contributed by atoms with Crippen molar-refractivity contribution in [2.45, 2.75) is 19.4 Å². The van der Waals surface area contributed by atoms with Crippen molar-refractivity contribution in [1.82, 2.24) is 4.90 Å². The van der Waals surface area contributed by atoms with E-state index in [1.54, 1.807) is 0 Å². The van der Waals surface area contributed by atoms with E-state index < -0.39 is 29.5 Å². The van der Waals surface area contributed by atoms with E-state index in [1.165, 1.54) is 4.90 Å². The lowest BCUT2D eigenvalue weighted by Gasteiger charge is -2.34. The Morgan fingerprint density at radius 3 is 2.42 bits per heavy atom. The molecule has 0 radical (unpaired) electrons. The molecule has 0 saturated carbocycles. The Morgan fingerprint density at radius 1 is 1.32 bits per heavy atom. The second kappa shape index (κ2) is 5.21. The van der Waals surface area contributed by atoms with Crippen molar-refractivity contribution in [3.05, 3.63) is 35.1 Å². The number of hydrogen-bond acceptors (Lipinski definition) is 2. The molecule has 1 saturated heterocycles. The first-order chi connectivity index (χ1) is 8.90. The molecular formula is C13H14F3NO2. The topological polar surface area (TPSA) is 40.5 Å². The molecule has 1 amide bonds. The van der Waals surface area contributed by atoms with Gasteiger partial charge in [0, 0.05) is 18.7 Å². The summed E-state index contributed by atoms with van der Waals surface area (Å²) >= 11 is 0. The summed E-state index contributed by atoms with van der Waals surface area (Å²) in [6.45, 7) is 2.38. The number of nitrogens with zero attached hydrogens (tertiary/aromatic N) is 1. The standard InChI is InChI=1S/C13H14F3NO2/c1-7-2-3-17(6-11(7)18)13(19)8-4-9(14)12(16)10(15)5-8/h4-5,7,11,18H,2-3,6H2,1H3. The molecule has 0 aromatic heterocycles. The smallest absolute Gasteiger partial charge is 0.254 e. The molecule has 0 aliphatic carbocycles. The molecule has 1 aromatic rings.